The zero-order valence-electron chi connectivity index (χ0n) is 5.57. The molecule has 0 aliphatic carbocycles. The Morgan fingerprint density at radius 1 is 1.50 bits per heavy atom. The number of hydrogen-bond donors (Lipinski definition) is 1. The molecular formula is C6H3F3INO. The van der Waals surface area contributed by atoms with Crippen LogP contribution in [0.5, 0.6) is 0 Å². The van der Waals surface area contributed by atoms with Crippen LogP contribution < -0.4 is 5.43 Å². The summed E-state index contributed by atoms with van der Waals surface area (Å²) in [6.45, 7) is 0. The molecule has 0 radical (unpaired) electrons. The molecule has 0 amide bonds. The molecule has 1 aromatic rings. The van der Waals surface area contributed by atoms with Crippen molar-refractivity contribution < 1.29 is 13.2 Å². The first-order chi connectivity index (χ1) is 5.52. The van der Waals surface area contributed by atoms with Gasteiger partial charge < -0.3 is 4.98 Å². The predicted octanol–water partition coefficient (Wildman–Crippen LogP) is 2.06. The number of aromatic amines is 1. The molecule has 0 saturated heterocycles. The number of aromatic nitrogens is 1. The highest BCUT2D eigenvalue weighted by molar-refractivity contribution is 14.1. The molecule has 0 aromatic carbocycles. The van der Waals surface area contributed by atoms with Gasteiger partial charge in [-0.25, -0.2) is 13.2 Å². The van der Waals surface area contributed by atoms with Gasteiger partial charge in [-0.05, 0) is 22.6 Å². The quantitative estimate of drug-likeness (QED) is 0.623. The van der Waals surface area contributed by atoms with Crippen molar-refractivity contribution in [1.82, 2.24) is 4.98 Å². The molecule has 66 valence electrons. The summed E-state index contributed by atoms with van der Waals surface area (Å²) >= 11 is 1.63. The average molecular weight is 289 g/mol. The second-order valence-corrected chi connectivity index (χ2v) is 3.17. The minimum absolute atomic E-state index is 0.189. The lowest BCUT2D eigenvalue weighted by Gasteiger charge is -2.01. The first-order valence-corrected chi connectivity index (χ1v) is 3.96. The summed E-state index contributed by atoms with van der Waals surface area (Å²) in [6.07, 6.45) is -2.99. The van der Waals surface area contributed by atoms with Crippen LogP contribution in [0, 0.1) is 9.52 Å². The van der Waals surface area contributed by atoms with Crippen molar-refractivity contribution in [2.24, 2.45) is 0 Å². The van der Waals surface area contributed by atoms with E-state index in [4.69, 9.17) is 0 Å². The third-order valence-electron chi connectivity index (χ3n) is 1.18. The van der Waals surface area contributed by atoms with Crippen LogP contribution in [0.4, 0.5) is 13.2 Å². The van der Waals surface area contributed by atoms with E-state index < -0.39 is 23.4 Å². The highest BCUT2D eigenvalue weighted by Crippen LogP contribution is 2.17. The average Bonchev–Trinajstić information content (AvgIpc) is 1.96. The van der Waals surface area contributed by atoms with Crippen LogP contribution in [0.1, 0.15) is 12.1 Å². The third kappa shape index (κ3) is 1.79. The summed E-state index contributed by atoms with van der Waals surface area (Å²) < 4.78 is 36.7. The Balaban J connectivity index is 3.38. The number of H-pyrrole nitrogens is 1. The SMILES string of the molecule is O=c1cc(I)[nH]c(C(F)F)c1F. The highest BCUT2D eigenvalue weighted by Gasteiger charge is 2.16. The van der Waals surface area contributed by atoms with Gasteiger partial charge in [-0.3, -0.25) is 4.79 Å². The van der Waals surface area contributed by atoms with E-state index in [0.717, 1.165) is 6.07 Å². The van der Waals surface area contributed by atoms with Crippen LogP contribution in [0.3, 0.4) is 0 Å². The lowest BCUT2D eigenvalue weighted by molar-refractivity contribution is 0.140. The van der Waals surface area contributed by atoms with Crippen LogP contribution in [0.15, 0.2) is 10.9 Å². The van der Waals surface area contributed by atoms with Gasteiger partial charge in [0.1, 0.15) is 5.69 Å². The number of alkyl halides is 2. The lowest BCUT2D eigenvalue weighted by Crippen LogP contribution is -2.12. The van der Waals surface area contributed by atoms with E-state index in [9.17, 15) is 18.0 Å². The fourth-order valence-electron chi connectivity index (χ4n) is 0.681. The topological polar surface area (TPSA) is 32.9 Å². The standard InChI is InChI=1S/C6H3F3INO/c7-4-2(12)1-3(10)11-5(4)6(8)9/h1,6H,(H,11,12). The highest BCUT2D eigenvalue weighted by atomic mass is 127. The molecule has 0 atom stereocenters. The summed E-state index contributed by atoms with van der Waals surface area (Å²) in [5.41, 5.74) is -1.97. The minimum Gasteiger partial charge on any atom is -0.347 e. The first-order valence-electron chi connectivity index (χ1n) is 2.88. The zero-order valence-corrected chi connectivity index (χ0v) is 7.73. The second kappa shape index (κ2) is 3.46. The van der Waals surface area contributed by atoms with Crippen LogP contribution in [-0.4, -0.2) is 4.98 Å². The summed E-state index contributed by atoms with van der Waals surface area (Å²) in [5.74, 6) is -1.41. The van der Waals surface area contributed by atoms with E-state index in [1.807, 2.05) is 0 Å². The van der Waals surface area contributed by atoms with Gasteiger partial charge in [0.2, 0.25) is 5.43 Å². The van der Waals surface area contributed by atoms with Crippen molar-refractivity contribution in [3.05, 3.63) is 31.5 Å². The van der Waals surface area contributed by atoms with Gasteiger partial charge in [-0.1, -0.05) is 0 Å². The van der Waals surface area contributed by atoms with Crippen molar-refractivity contribution >= 4 is 22.6 Å². The van der Waals surface area contributed by atoms with E-state index in [1.54, 1.807) is 22.6 Å². The van der Waals surface area contributed by atoms with Crippen LogP contribution in [0.2, 0.25) is 0 Å². The molecule has 6 heteroatoms. The smallest absolute Gasteiger partial charge is 0.281 e. The van der Waals surface area contributed by atoms with E-state index in [-0.39, 0.29) is 3.70 Å². The molecule has 1 N–H and O–H groups in total. The molecule has 1 rings (SSSR count). The maximum absolute atomic E-state index is 12.6. The van der Waals surface area contributed by atoms with E-state index in [2.05, 4.69) is 4.98 Å². The fraction of sp³-hybridized carbons (Fsp3) is 0.167. The van der Waals surface area contributed by atoms with Gasteiger partial charge in [-0.15, -0.1) is 0 Å². The summed E-state index contributed by atoms with van der Waals surface area (Å²) in [6, 6.07) is 0.918. The van der Waals surface area contributed by atoms with Gasteiger partial charge in [0.15, 0.2) is 5.82 Å². The third-order valence-corrected chi connectivity index (χ3v) is 1.76. The number of rotatable bonds is 1. The summed E-state index contributed by atoms with van der Waals surface area (Å²) in [7, 11) is 0. The second-order valence-electron chi connectivity index (χ2n) is 2.01. The molecule has 0 aliphatic rings. The van der Waals surface area contributed by atoms with E-state index >= 15 is 0 Å². The molecule has 0 unspecified atom stereocenters. The maximum Gasteiger partial charge on any atom is 0.281 e. The van der Waals surface area contributed by atoms with Gasteiger partial charge in [-0.2, -0.15) is 0 Å². The molecule has 2 nitrogen and oxygen atoms in total. The van der Waals surface area contributed by atoms with Crippen molar-refractivity contribution in [3.63, 3.8) is 0 Å². The zero-order chi connectivity index (χ0) is 9.30. The monoisotopic (exact) mass is 289 g/mol. The summed E-state index contributed by atoms with van der Waals surface area (Å²) in [5, 5.41) is 0. The maximum atomic E-state index is 12.6. The number of halogens is 4. The Morgan fingerprint density at radius 3 is 2.58 bits per heavy atom. The Bertz CT molecular complexity index is 349. The largest absolute Gasteiger partial charge is 0.347 e. The predicted molar refractivity (Wildman–Crippen MR) is 44.7 cm³/mol. The van der Waals surface area contributed by atoms with Gasteiger partial charge in [0.05, 0.1) is 3.70 Å². The van der Waals surface area contributed by atoms with E-state index in [0.29, 0.717) is 0 Å². The number of nitrogens with one attached hydrogen (secondary N) is 1. The molecule has 0 bridgehead atoms. The Labute approximate surface area is 78.9 Å². The van der Waals surface area contributed by atoms with Gasteiger partial charge >= 0.3 is 0 Å². The first kappa shape index (κ1) is 9.56. The normalized spacial score (nSPS) is 10.8. The molecule has 1 aromatic heterocycles. The van der Waals surface area contributed by atoms with E-state index in [1.165, 1.54) is 0 Å². The fourth-order valence-corrected chi connectivity index (χ4v) is 1.25. The van der Waals surface area contributed by atoms with Crippen molar-refractivity contribution in [3.8, 4) is 0 Å². The van der Waals surface area contributed by atoms with Crippen molar-refractivity contribution in [1.29, 1.82) is 0 Å². The van der Waals surface area contributed by atoms with Crippen molar-refractivity contribution in [2.75, 3.05) is 0 Å². The number of hydrogen-bond acceptors (Lipinski definition) is 1. The Kier molecular flexibility index (Phi) is 2.76. The molecule has 1 heterocycles. The van der Waals surface area contributed by atoms with Crippen LogP contribution in [-0.2, 0) is 0 Å². The van der Waals surface area contributed by atoms with Gasteiger partial charge in [0.25, 0.3) is 6.43 Å². The molecule has 0 spiro atoms. The lowest BCUT2D eigenvalue weighted by atomic mass is 10.3. The van der Waals surface area contributed by atoms with Crippen molar-refractivity contribution in [2.45, 2.75) is 6.43 Å². The number of pyridine rings is 1. The molecule has 12 heavy (non-hydrogen) atoms. The minimum atomic E-state index is -2.99. The molecule has 0 saturated carbocycles. The van der Waals surface area contributed by atoms with Gasteiger partial charge in [0, 0.05) is 6.07 Å². The van der Waals surface area contributed by atoms with Crippen LogP contribution in [0.25, 0.3) is 0 Å². The molecule has 0 fully saturated rings. The molecule has 0 aliphatic heterocycles. The Hall–Kier alpha value is -0.530. The molecular weight excluding hydrogens is 286 g/mol. The summed E-state index contributed by atoms with van der Waals surface area (Å²) in [4.78, 5) is 12.7. The van der Waals surface area contributed by atoms with Crippen LogP contribution >= 0.6 is 22.6 Å². The Morgan fingerprint density at radius 2 is 2.08 bits per heavy atom.